The highest BCUT2D eigenvalue weighted by atomic mass is 16.4. The largest absolute Gasteiger partial charge is 0.481 e. The first-order chi connectivity index (χ1) is 7.34. The summed E-state index contributed by atoms with van der Waals surface area (Å²) in [5.74, 6) is -2.15. The van der Waals surface area contributed by atoms with Crippen molar-refractivity contribution in [3.63, 3.8) is 0 Å². The van der Waals surface area contributed by atoms with Crippen molar-refractivity contribution in [3.05, 3.63) is 0 Å². The van der Waals surface area contributed by atoms with Crippen LogP contribution in [0.2, 0.25) is 0 Å². The lowest BCUT2D eigenvalue weighted by molar-refractivity contribution is -0.140. The minimum Gasteiger partial charge on any atom is -0.481 e. The summed E-state index contributed by atoms with van der Waals surface area (Å²) in [5, 5.41) is 19.5. The lowest BCUT2D eigenvalue weighted by Crippen LogP contribution is -2.45. The number of nitrogens with one attached hydrogen (secondary N) is 1. The van der Waals surface area contributed by atoms with Crippen LogP contribution < -0.4 is 5.32 Å². The van der Waals surface area contributed by atoms with Gasteiger partial charge >= 0.3 is 18.0 Å². The molecule has 7 nitrogen and oxygen atoms in total. The predicted octanol–water partition coefficient (Wildman–Crippen LogP) is -0.0343. The quantitative estimate of drug-likeness (QED) is 0.596. The van der Waals surface area contributed by atoms with Gasteiger partial charge in [-0.3, -0.25) is 4.79 Å². The normalized spacial score (nSPS) is 11.6. The molecule has 0 spiro atoms. The molecule has 0 aliphatic rings. The molecular formula is C9H16N2O5. The van der Waals surface area contributed by atoms with Gasteiger partial charge in [-0.05, 0) is 12.8 Å². The van der Waals surface area contributed by atoms with Gasteiger partial charge in [-0.2, -0.15) is 0 Å². The molecule has 16 heavy (non-hydrogen) atoms. The summed E-state index contributed by atoms with van der Waals surface area (Å²) in [6.07, 6.45) is 0.197. The van der Waals surface area contributed by atoms with Crippen LogP contribution in [0.25, 0.3) is 0 Å². The molecule has 0 saturated carbocycles. The van der Waals surface area contributed by atoms with Crippen molar-refractivity contribution in [2.45, 2.75) is 25.3 Å². The zero-order valence-corrected chi connectivity index (χ0v) is 9.27. The summed E-state index contributed by atoms with van der Waals surface area (Å²) in [6.45, 7) is 0. The maximum atomic E-state index is 11.2. The van der Waals surface area contributed by atoms with E-state index >= 15 is 0 Å². The summed E-state index contributed by atoms with van der Waals surface area (Å²) >= 11 is 0. The second-order valence-corrected chi connectivity index (χ2v) is 3.52. The first-order valence-corrected chi connectivity index (χ1v) is 4.77. The Morgan fingerprint density at radius 3 is 2.19 bits per heavy atom. The molecule has 0 saturated heterocycles. The van der Waals surface area contributed by atoms with Gasteiger partial charge in [0.05, 0.1) is 0 Å². The third-order valence-electron chi connectivity index (χ3n) is 1.89. The summed E-state index contributed by atoms with van der Waals surface area (Å²) in [7, 11) is 2.98. The highest BCUT2D eigenvalue weighted by Crippen LogP contribution is 2.02. The molecule has 0 aromatic rings. The molecule has 0 aliphatic carbocycles. The van der Waals surface area contributed by atoms with Crippen LogP contribution >= 0.6 is 0 Å². The third-order valence-corrected chi connectivity index (χ3v) is 1.89. The minimum absolute atomic E-state index is 0.0984. The van der Waals surface area contributed by atoms with Crippen LogP contribution in [-0.2, 0) is 9.59 Å². The van der Waals surface area contributed by atoms with E-state index in [0.29, 0.717) is 0 Å². The number of carbonyl (C=O) groups is 3. The number of urea groups is 1. The van der Waals surface area contributed by atoms with E-state index in [0.717, 1.165) is 0 Å². The number of carboxylic acids is 2. The number of carboxylic acid groups (broad SMARTS) is 2. The molecule has 0 rings (SSSR count). The number of hydrogen-bond donors (Lipinski definition) is 3. The molecule has 0 radical (unpaired) electrons. The van der Waals surface area contributed by atoms with Crippen molar-refractivity contribution >= 4 is 18.0 Å². The Morgan fingerprint density at radius 2 is 1.81 bits per heavy atom. The van der Waals surface area contributed by atoms with Crippen molar-refractivity contribution in [2.24, 2.45) is 0 Å². The fourth-order valence-electron chi connectivity index (χ4n) is 0.993. The van der Waals surface area contributed by atoms with Gasteiger partial charge in [0, 0.05) is 20.5 Å². The molecule has 92 valence electrons. The molecule has 0 aromatic carbocycles. The Hall–Kier alpha value is -1.79. The Morgan fingerprint density at radius 1 is 1.25 bits per heavy atom. The molecule has 1 unspecified atom stereocenters. The molecule has 7 heteroatoms. The zero-order valence-electron chi connectivity index (χ0n) is 9.27. The van der Waals surface area contributed by atoms with E-state index in [9.17, 15) is 14.4 Å². The Labute approximate surface area is 93.0 Å². The van der Waals surface area contributed by atoms with Crippen LogP contribution in [0.1, 0.15) is 19.3 Å². The Kier molecular flexibility index (Phi) is 5.91. The molecule has 0 bridgehead atoms. The summed E-state index contributed by atoms with van der Waals surface area (Å²) in [6, 6.07) is -1.56. The number of aliphatic carboxylic acids is 2. The van der Waals surface area contributed by atoms with Gasteiger partial charge in [-0.1, -0.05) is 0 Å². The molecular weight excluding hydrogens is 216 g/mol. The van der Waals surface area contributed by atoms with Gasteiger partial charge < -0.3 is 20.4 Å². The second-order valence-electron chi connectivity index (χ2n) is 3.52. The van der Waals surface area contributed by atoms with Crippen molar-refractivity contribution in [1.29, 1.82) is 0 Å². The number of carbonyl (C=O) groups excluding carboxylic acids is 1. The Bertz CT molecular complexity index is 277. The van der Waals surface area contributed by atoms with Crippen LogP contribution in [0.15, 0.2) is 0 Å². The van der Waals surface area contributed by atoms with Crippen molar-refractivity contribution in [3.8, 4) is 0 Å². The lowest BCUT2D eigenvalue weighted by Gasteiger charge is -2.17. The van der Waals surface area contributed by atoms with E-state index in [2.05, 4.69) is 5.32 Å². The first-order valence-electron chi connectivity index (χ1n) is 4.77. The van der Waals surface area contributed by atoms with Gasteiger partial charge in [-0.15, -0.1) is 0 Å². The average molecular weight is 232 g/mol. The predicted molar refractivity (Wildman–Crippen MR) is 55.1 cm³/mol. The van der Waals surface area contributed by atoms with Gasteiger partial charge in [-0.25, -0.2) is 9.59 Å². The van der Waals surface area contributed by atoms with Crippen molar-refractivity contribution < 1.29 is 24.6 Å². The highest BCUT2D eigenvalue weighted by Gasteiger charge is 2.20. The average Bonchev–Trinajstić information content (AvgIpc) is 2.14. The molecule has 1 atom stereocenters. The fourth-order valence-corrected chi connectivity index (χ4v) is 0.993. The monoisotopic (exact) mass is 232 g/mol. The number of hydrogen-bond acceptors (Lipinski definition) is 3. The maximum Gasteiger partial charge on any atom is 0.326 e. The SMILES string of the molecule is CN(C)C(=O)NC(CCCC(=O)O)C(=O)O. The summed E-state index contributed by atoms with van der Waals surface area (Å²) < 4.78 is 0. The van der Waals surface area contributed by atoms with Crippen LogP contribution in [0.3, 0.4) is 0 Å². The molecule has 2 amide bonds. The van der Waals surface area contributed by atoms with E-state index < -0.39 is 24.0 Å². The van der Waals surface area contributed by atoms with Gasteiger partial charge in [0.2, 0.25) is 0 Å². The van der Waals surface area contributed by atoms with Crippen LogP contribution in [0.5, 0.6) is 0 Å². The van der Waals surface area contributed by atoms with Crippen molar-refractivity contribution in [2.75, 3.05) is 14.1 Å². The van der Waals surface area contributed by atoms with Crippen molar-refractivity contribution in [1.82, 2.24) is 10.2 Å². The summed E-state index contributed by atoms with van der Waals surface area (Å²) in [4.78, 5) is 33.4. The van der Waals surface area contributed by atoms with Crippen LogP contribution in [-0.4, -0.2) is 53.2 Å². The van der Waals surface area contributed by atoms with E-state index in [-0.39, 0.29) is 19.3 Å². The molecule has 0 aliphatic heterocycles. The van der Waals surface area contributed by atoms with E-state index in [1.54, 1.807) is 0 Å². The minimum atomic E-state index is -1.17. The second kappa shape index (κ2) is 6.65. The van der Waals surface area contributed by atoms with E-state index in [1.807, 2.05) is 0 Å². The lowest BCUT2D eigenvalue weighted by atomic mass is 10.1. The Balaban J connectivity index is 4.13. The zero-order chi connectivity index (χ0) is 12.7. The maximum absolute atomic E-state index is 11.2. The molecule has 0 fully saturated rings. The van der Waals surface area contributed by atoms with E-state index in [1.165, 1.54) is 19.0 Å². The molecule has 0 aromatic heterocycles. The van der Waals surface area contributed by atoms with Crippen LogP contribution in [0, 0.1) is 0 Å². The van der Waals surface area contributed by atoms with Gasteiger partial charge in [0.25, 0.3) is 0 Å². The van der Waals surface area contributed by atoms with Gasteiger partial charge in [0.1, 0.15) is 6.04 Å². The smallest absolute Gasteiger partial charge is 0.326 e. The molecule has 3 N–H and O–H groups in total. The highest BCUT2D eigenvalue weighted by molar-refractivity contribution is 5.82. The standard InChI is InChI=1S/C9H16N2O5/c1-11(2)9(16)10-6(8(14)15)4-3-5-7(12)13/h6H,3-5H2,1-2H3,(H,10,16)(H,12,13)(H,14,15). The van der Waals surface area contributed by atoms with Crippen LogP contribution in [0.4, 0.5) is 4.79 Å². The number of rotatable bonds is 6. The number of amides is 2. The summed E-state index contributed by atoms with van der Waals surface area (Å²) in [5.41, 5.74) is 0. The third kappa shape index (κ3) is 5.84. The molecule has 0 heterocycles. The fraction of sp³-hybridized carbons (Fsp3) is 0.667. The van der Waals surface area contributed by atoms with Gasteiger partial charge in [0.15, 0.2) is 0 Å². The first kappa shape index (κ1) is 14.2. The number of nitrogens with zero attached hydrogens (tertiary/aromatic N) is 1. The van der Waals surface area contributed by atoms with E-state index in [4.69, 9.17) is 10.2 Å². The topological polar surface area (TPSA) is 107 Å².